The van der Waals surface area contributed by atoms with E-state index in [0.29, 0.717) is 16.3 Å². The molecule has 0 amide bonds. The minimum Gasteiger partial charge on any atom is -0.453 e. The van der Waals surface area contributed by atoms with Crippen molar-refractivity contribution in [2.75, 3.05) is 0 Å². The number of hydrogen-bond acceptors (Lipinski definition) is 3. The van der Waals surface area contributed by atoms with E-state index in [-0.39, 0.29) is 6.42 Å². The Morgan fingerprint density at radius 3 is 2.47 bits per heavy atom. The zero-order chi connectivity index (χ0) is 13.5. The molecule has 0 aromatic heterocycles. The Kier molecular flexibility index (Phi) is 2.81. The zero-order valence-electron chi connectivity index (χ0n) is 9.97. The third kappa shape index (κ3) is 2.11. The average molecular weight is 275 g/mol. The van der Waals surface area contributed by atoms with Gasteiger partial charge < -0.3 is 9.84 Å². The monoisotopic (exact) mass is 274 g/mol. The molecule has 0 bridgehead atoms. The van der Waals surface area contributed by atoms with Crippen LogP contribution in [0.4, 0.5) is 0 Å². The number of ether oxygens (including phenoxy) is 1. The predicted octanol–water partition coefficient (Wildman–Crippen LogP) is 2.85. The largest absolute Gasteiger partial charge is 0.453 e. The molecule has 0 aliphatic carbocycles. The van der Waals surface area contributed by atoms with Crippen molar-refractivity contribution < 1.29 is 14.6 Å². The molecule has 3 rings (SSSR count). The smallest absolute Gasteiger partial charge is 0.276 e. The van der Waals surface area contributed by atoms with E-state index in [9.17, 15) is 9.90 Å². The highest BCUT2D eigenvalue weighted by Gasteiger charge is 2.46. The fourth-order valence-corrected chi connectivity index (χ4v) is 2.30. The van der Waals surface area contributed by atoms with Gasteiger partial charge in [-0.3, -0.25) is 4.79 Å². The van der Waals surface area contributed by atoms with Crippen LogP contribution in [0.5, 0.6) is 5.75 Å². The number of para-hydroxylation sites is 1. The Bertz CT molecular complexity index is 636. The molecular weight excluding hydrogens is 264 g/mol. The molecule has 1 heterocycles. The number of halogens is 1. The van der Waals surface area contributed by atoms with Gasteiger partial charge in [0.2, 0.25) is 5.78 Å². The van der Waals surface area contributed by atoms with Gasteiger partial charge in [0.15, 0.2) is 0 Å². The van der Waals surface area contributed by atoms with Gasteiger partial charge in [-0.1, -0.05) is 35.9 Å². The second-order valence-electron chi connectivity index (χ2n) is 4.51. The topological polar surface area (TPSA) is 46.5 Å². The molecule has 0 saturated heterocycles. The third-order valence-electron chi connectivity index (χ3n) is 3.12. The molecule has 3 nitrogen and oxygen atoms in total. The molecule has 1 aliphatic heterocycles. The SMILES string of the molecule is O=C1c2ccccc2O[C@@]1(O)Cc1ccc(Cl)cc1. The number of rotatable bonds is 2. The number of carbonyl (C=O) groups excluding carboxylic acids is 1. The maximum absolute atomic E-state index is 12.2. The van der Waals surface area contributed by atoms with E-state index in [1.807, 2.05) is 0 Å². The number of ketones is 1. The molecule has 0 fully saturated rings. The molecule has 96 valence electrons. The summed E-state index contributed by atoms with van der Waals surface area (Å²) in [4.78, 5) is 12.2. The second-order valence-corrected chi connectivity index (χ2v) is 4.95. The molecule has 4 heteroatoms. The van der Waals surface area contributed by atoms with Crippen LogP contribution in [0.1, 0.15) is 15.9 Å². The van der Waals surface area contributed by atoms with E-state index < -0.39 is 11.6 Å². The lowest BCUT2D eigenvalue weighted by molar-refractivity contribution is -0.0888. The van der Waals surface area contributed by atoms with Gasteiger partial charge >= 0.3 is 0 Å². The van der Waals surface area contributed by atoms with E-state index in [2.05, 4.69) is 0 Å². The van der Waals surface area contributed by atoms with Crippen LogP contribution < -0.4 is 4.74 Å². The standard InChI is InChI=1S/C15H11ClO3/c16-11-7-5-10(6-8-11)9-15(18)14(17)12-3-1-2-4-13(12)19-15/h1-8,18H,9H2/t15-/m0/s1. The van der Waals surface area contributed by atoms with Gasteiger partial charge in [0, 0.05) is 11.4 Å². The summed E-state index contributed by atoms with van der Waals surface area (Å²) in [5.74, 6) is -1.81. The lowest BCUT2D eigenvalue weighted by atomic mass is 9.99. The summed E-state index contributed by atoms with van der Waals surface area (Å²) in [5, 5.41) is 11.0. The zero-order valence-corrected chi connectivity index (χ0v) is 10.7. The van der Waals surface area contributed by atoms with E-state index in [4.69, 9.17) is 16.3 Å². The van der Waals surface area contributed by atoms with Crippen molar-refractivity contribution in [3.8, 4) is 5.75 Å². The summed E-state index contributed by atoms with van der Waals surface area (Å²) < 4.78 is 5.41. The number of hydrogen-bond donors (Lipinski definition) is 1. The minimum atomic E-state index is -1.82. The van der Waals surface area contributed by atoms with Crippen molar-refractivity contribution in [2.45, 2.75) is 12.2 Å². The van der Waals surface area contributed by atoms with Crippen molar-refractivity contribution in [2.24, 2.45) is 0 Å². The molecule has 0 spiro atoms. The maximum Gasteiger partial charge on any atom is 0.276 e. The molecule has 2 aromatic carbocycles. The van der Waals surface area contributed by atoms with Crippen LogP contribution in [-0.2, 0) is 6.42 Å². The lowest BCUT2D eigenvalue weighted by Crippen LogP contribution is -2.42. The van der Waals surface area contributed by atoms with E-state index >= 15 is 0 Å². The van der Waals surface area contributed by atoms with Crippen LogP contribution in [0.3, 0.4) is 0 Å². The predicted molar refractivity (Wildman–Crippen MR) is 71.5 cm³/mol. The number of fused-ring (bicyclic) bond motifs is 1. The highest BCUT2D eigenvalue weighted by molar-refractivity contribution is 6.30. The summed E-state index contributed by atoms with van der Waals surface area (Å²) >= 11 is 5.80. The van der Waals surface area contributed by atoms with Gasteiger partial charge in [-0.25, -0.2) is 0 Å². The lowest BCUT2D eigenvalue weighted by Gasteiger charge is -2.20. The van der Waals surface area contributed by atoms with Gasteiger partial charge in [0.25, 0.3) is 5.79 Å². The first-order chi connectivity index (χ1) is 9.08. The molecule has 1 N–H and O–H groups in total. The van der Waals surface area contributed by atoms with Crippen molar-refractivity contribution in [1.82, 2.24) is 0 Å². The number of Topliss-reactive ketones (excluding diaryl/α,β-unsaturated/α-hetero) is 1. The van der Waals surface area contributed by atoms with E-state index in [1.165, 1.54) is 0 Å². The Morgan fingerprint density at radius 2 is 1.79 bits per heavy atom. The van der Waals surface area contributed by atoms with Gasteiger partial charge in [-0.15, -0.1) is 0 Å². The Balaban J connectivity index is 1.90. The van der Waals surface area contributed by atoms with Gasteiger partial charge in [0.05, 0.1) is 5.56 Å². The first kappa shape index (κ1) is 12.2. The van der Waals surface area contributed by atoms with E-state index in [1.54, 1.807) is 48.5 Å². The van der Waals surface area contributed by atoms with Crippen molar-refractivity contribution in [3.05, 3.63) is 64.7 Å². The van der Waals surface area contributed by atoms with E-state index in [0.717, 1.165) is 5.56 Å². The molecule has 2 aromatic rings. The third-order valence-corrected chi connectivity index (χ3v) is 3.37. The van der Waals surface area contributed by atoms with Crippen LogP contribution in [0.2, 0.25) is 5.02 Å². The van der Waals surface area contributed by atoms with Crippen molar-refractivity contribution in [3.63, 3.8) is 0 Å². The molecule has 0 unspecified atom stereocenters. The van der Waals surface area contributed by atoms with Gasteiger partial charge in [-0.2, -0.15) is 0 Å². The molecule has 1 atom stereocenters. The summed E-state index contributed by atoms with van der Waals surface area (Å²) in [6, 6.07) is 13.8. The summed E-state index contributed by atoms with van der Waals surface area (Å²) in [7, 11) is 0. The second kappa shape index (κ2) is 4.37. The average Bonchev–Trinajstić information content (AvgIpc) is 2.65. The molecular formula is C15H11ClO3. The molecule has 0 radical (unpaired) electrons. The quantitative estimate of drug-likeness (QED) is 0.916. The Hall–Kier alpha value is -1.84. The van der Waals surface area contributed by atoms with Crippen LogP contribution >= 0.6 is 11.6 Å². The number of aliphatic hydroxyl groups is 1. The Labute approximate surface area is 115 Å². The van der Waals surface area contributed by atoms with Crippen LogP contribution in [0, 0.1) is 0 Å². The molecule has 1 aliphatic rings. The van der Waals surface area contributed by atoms with Crippen LogP contribution in [-0.4, -0.2) is 16.7 Å². The summed E-state index contributed by atoms with van der Waals surface area (Å²) in [6.07, 6.45) is 0.0949. The Morgan fingerprint density at radius 1 is 1.11 bits per heavy atom. The fraction of sp³-hybridized carbons (Fsp3) is 0.133. The maximum atomic E-state index is 12.2. The highest BCUT2D eigenvalue weighted by Crippen LogP contribution is 2.35. The number of benzene rings is 2. The normalized spacial score (nSPS) is 21.1. The number of carbonyl (C=O) groups is 1. The van der Waals surface area contributed by atoms with Gasteiger partial charge in [0.1, 0.15) is 5.75 Å². The van der Waals surface area contributed by atoms with Crippen LogP contribution in [0.25, 0.3) is 0 Å². The highest BCUT2D eigenvalue weighted by atomic mass is 35.5. The first-order valence-electron chi connectivity index (χ1n) is 5.88. The minimum absolute atomic E-state index is 0.0949. The van der Waals surface area contributed by atoms with Gasteiger partial charge in [-0.05, 0) is 29.8 Å². The fourth-order valence-electron chi connectivity index (χ4n) is 2.18. The van der Waals surface area contributed by atoms with Crippen LogP contribution in [0.15, 0.2) is 48.5 Å². The van der Waals surface area contributed by atoms with Crippen molar-refractivity contribution >= 4 is 17.4 Å². The summed E-state index contributed by atoms with van der Waals surface area (Å²) in [6.45, 7) is 0. The van der Waals surface area contributed by atoms with Crippen molar-refractivity contribution in [1.29, 1.82) is 0 Å². The molecule has 0 saturated carbocycles. The molecule has 19 heavy (non-hydrogen) atoms. The summed E-state index contributed by atoms with van der Waals surface area (Å²) in [5.41, 5.74) is 1.20. The first-order valence-corrected chi connectivity index (χ1v) is 6.26.